The lowest BCUT2D eigenvalue weighted by atomic mass is 10.00. The average Bonchev–Trinajstić information content (AvgIpc) is 2.93. The van der Waals surface area contributed by atoms with Crippen LogP contribution in [0.5, 0.6) is 11.5 Å². The van der Waals surface area contributed by atoms with E-state index in [-0.39, 0.29) is 12.1 Å². The summed E-state index contributed by atoms with van der Waals surface area (Å²) < 4.78 is 16.6. The highest BCUT2D eigenvalue weighted by Crippen LogP contribution is 2.37. The summed E-state index contributed by atoms with van der Waals surface area (Å²) in [6.45, 7) is 3.44. The van der Waals surface area contributed by atoms with Crippen molar-refractivity contribution >= 4 is 0 Å². The van der Waals surface area contributed by atoms with Crippen LogP contribution < -0.4 is 15.2 Å². The van der Waals surface area contributed by atoms with Gasteiger partial charge in [-0.3, -0.25) is 4.90 Å². The molecule has 3 atom stereocenters. The molecule has 1 aromatic rings. The standard InChI is InChI=1S/C16H26N2O3/c1-11-13(8-9-21-11)18(2)14(10-17)12-6-5-7-15(19-3)16(12)20-4/h5-7,11,13-14H,8-10,17H2,1-4H3. The topological polar surface area (TPSA) is 57.0 Å². The molecule has 21 heavy (non-hydrogen) atoms. The Labute approximate surface area is 127 Å². The number of benzene rings is 1. The maximum Gasteiger partial charge on any atom is 0.165 e. The molecule has 0 aromatic heterocycles. The van der Waals surface area contributed by atoms with Crippen LogP contribution in [0.25, 0.3) is 0 Å². The van der Waals surface area contributed by atoms with Crippen LogP contribution in [0.1, 0.15) is 24.9 Å². The van der Waals surface area contributed by atoms with Gasteiger partial charge >= 0.3 is 0 Å². The second-order valence-electron chi connectivity index (χ2n) is 5.43. The van der Waals surface area contributed by atoms with Gasteiger partial charge in [0.15, 0.2) is 11.5 Å². The van der Waals surface area contributed by atoms with Crippen molar-refractivity contribution in [1.82, 2.24) is 4.90 Å². The maximum absolute atomic E-state index is 6.06. The number of nitrogens with two attached hydrogens (primary N) is 1. The van der Waals surface area contributed by atoms with E-state index in [4.69, 9.17) is 19.9 Å². The Morgan fingerprint density at radius 1 is 1.38 bits per heavy atom. The molecule has 0 aliphatic carbocycles. The number of methoxy groups -OCH3 is 2. The summed E-state index contributed by atoms with van der Waals surface area (Å²) in [7, 11) is 5.41. The van der Waals surface area contributed by atoms with E-state index in [9.17, 15) is 0 Å². The van der Waals surface area contributed by atoms with Crippen LogP contribution in [0, 0.1) is 0 Å². The third-order valence-corrected chi connectivity index (χ3v) is 4.37. The van der Waals surface area contributed by atoms with E-state index in [0.717, 1.165) is 30.1 Å². The first-order valence-corrected chi connectivity index (χ1v) is 7.38. The Hall–Kier alpha value is -1.30. The average molecular weight is 294 g/mol. The molecule has 1 aliphatic heterocycles. The molecule has 1 aliphatic rings. The van der Waals surface area contributed by atoms with Crippen LogP contribution in [0.3, 0.4) is 0 Å². The van der Waals surface area contributed by atoms with Gasteiger partial charge in [0.25, 0.3) is 0 Å². The van der Waals surface area contributed by atoms with E-state index in [1.54, 1.807) is 14.2 Å². The van der Waals surface area contributed by atoms with E-state index in [0.29, 0.717) is 12.6 Å². The van der Waals surface area contributed by atoms with Gasteiger partial charge in [-0.05, 0) is 26.5 Å². The lowest BCUT2D eigenvalue weighted by Crippen LogP contribution is -2.42. The number of rotatable bonds is 6. The predicted molar refractivity (Wildman–Crippen MR) is 82.9 cm³/mol. The molecule has 1 fully saturated rings. The first kappa shape index (κ1) is 16.1. The predicted octanol–water partition coefficient (Wildman–Crippen LogP) is 1.81. The number of hydrogen-bond donors (Lipinski definition) is 1. The molecule has 0 radical (unpaired) electrons. The van der Waals surface area contributed by atoms with Crippen molar-refractivity contribution in [3.05, 3.63) is 23.8 Å². The largest absolute Gasteiger partial charge is 0.493 e. The lowest BCUT2D eigenvalue weighted by molar-refractivity contribution is 0.0680. The van der Waals surface area contributed by atoms with Gasteiger partial charge in [-0.25, -0.2) is 0 Å². The fraction of sp³-hybridized carbons (Fsp3) is 0.625. The Morgan fingerprint density at radius 2 is 2.14 bits per heavy atom. The van der Waals surface area contributed by atoms with Crippen molar-refractivity contribution in [2.45, 2.75) is 31.5 Å². The Morgan fingerprint density at radius 3 is 2.67 bits per heavy atom. The van der Waals surface area contributed by atoms with E-state index in [2.05, 4.69) is 24.9 Å². The molecule has 0 spiro atoms. The van der Waals surface area contributed by atoms with Crippen LogP contribution in [0.4, 0.5) is 0 Å². The molecule has 5 nitrogen and oxygen atoms in total. The summed E-state index contributed by atoms with van der Waals surface area (Å²) in [5.41, 5.74) is 7.11. The third kappa shape index (κ3) is 3.15. The van der Waals surface area contributed by atoms with Crippen LogP contribution in [-0.2, 0) is 4.74 Å². The number of ether oxygens (including phenoxy) is 3. The first-order chi connectivity index (χ1) is 10.1. The van der Waals surface area contributed by atoms with Crippen molar-refractivity contribution < 1.29 is 14.2 Å². The van der Waals surface area contributed by atoms with E-state index in [1.165, 1.54) is 0 Å². The van der Waals surface area contributed by atoms with Gasteiger partial charge in [-0.2, -0.15) is 0 Å². The number of para-hydroxylation sites is 1. The normalized spacial score (nSPS) is 23.3. The van der Waals surface area contributed by atoms with E-state index >= 15 is 0 Å². The molecule has 1 aromatic carbocycles. The van der Waals surface area contributed by atoms with Crippen LogP contribution in [-0.4, -0.2) is 51.5 Å². The van der Waals surface area contributed by atoms with Crippen LogP contribution >= 0.6 is 0 Å². The summed E-state index contributed by atoms with van der Waals surface area (Å²) in [6, 6.07) is 6.37. The van der Waals surface area contributed by atoms with Gasteiger partial charge in [0.05, 0.1) is 26.4 Å². The SMILES string of the molecule is COc1cccc(C(CN)N(C)C2CCOC2C)c1OC. The fourth-order valence-electron chi connectivity index (χ4n) is 3.17. The van der Waals surface area contributed by atoms with Crippen LogP contribution in [0.2, 0.25) is 0 Å². The smallest absolute Gasteiger partial charge is 0.165 e. The maximum atomic E-state index is 6.06. The van der Waals surface area contributed by atoms with Gasteiger partial charge in [0, 0.05) is 24.8 Å². The Balaban J connectivity index is 2.32. The molecule has 0 saturated carbocycles. The highest BCUT2D eigenvalue weighted by atomic mass is 16.5. The van der Waals surface area contributed by atoms with Crippen molar-refractivity contribution in [1.29, 1.82) is 0 Å². The zero-order valence-electron chi connectivity index (χ0n) is 13.3. The van der Waals surface area contributed by atoms with Crippen molar-refractivity contribution in [2.24, 2.45) is 5.73 Å². The molecule has 0 amide bonds. The lowest BCUT2D eigenvalue weighted by Gasteiger charge is -2.34. The highest BCUT2D eigenvalue weighted by Gasteiger charge is 2.33. The highest BCUT2D eigenvalue weighted by molar-refractivity contribution is 5.48. The van der Waals surface area contributed by atoms with Crippen molar-refractivity contribution in [3.8, 4) is 11.5 Å². The minimum Gasteiger partial charge on any atom is -0.493 e. The zero-order chi connectivity index (χ0) is 15.4. The van der Waals surface area contributed by atoms with Crippen molar-refractivity contribution in [2.75, 3.05) is 34.4 Å². The minimum absolute atomic E-state index is 0.0733. The number of nitrogens with zero attached hydrogens (tertiary/aromatic N) is 1. The summed E-state index contributed by atoms with van der Waals surface area (Å²) in [5.74, 6) is 1.49. The summed E-state index contributed by atoms with van der Waals surface area (Å²) in [6.07, 6.45) is 1.25. The molecule has 1 saturated heterocycles. The van der Waals surface area contributed by atoms with Gasteiger partial charge < -0.3 is 19.9 Å². The van der Waals surface area contributed by atoms with Gasteiger partial charge in [-0.1, -0.05) is 12.1 Å². The molecular formula is C16H26N2O3. The molecule has 0 bridgehead atoms. The molecular weight excluding hydrogens is 268 g/mol. The third-order valence-electron chi connectivity index (χ3n) is 4.37. The van der Waals surface area contributed by atoms with E-state index < -0.39 is 0 Å². The number of hydrogen-bond acceptors (Lipinski definition) is 5. The molecule has 118 valence electrons. The van der Waals surface area contributed by atoms with Gasteiger partial charge in [0.1, 0.15) is 0 Å². The second-order valence-corrected chi connectivity index (χ2v) is 5.43. The minimum atomic E-state index is 0.0733. The van der Waals surface area contributed by atoms with Crippen molar-refractivity contribution in [3.63, 3.8) is 0 Å². The van der Waals surface area contributed by atoms with Crippen LogP contribution in [0.15, 0.2) is 18.2 Å². The zero-order valence-corrected chi connectivity index (χ0v) is 13.3. The molecule has 1 heterocycles. The van der Waals surface area contributed by atoms with Gasteiger partial charge in [-0.15, -0.1) is 0 Å². The number of likely N-dealkylation sites (N-methyl/N-ethyl adjacent to an activating group) is 1. The molecule has 2 N–H and O–H groups in total. The van der Waals surface area contributed by atoms with Gasteiger partial charge in [0.2, 0.25) is 0 Å². The summed E-state index contributed by atoms with van der Waals surface area (Å²) in [4.78, 5) is 2.30. The molecule has 2 rings (SSSR count). The second kappa shape index (κ2) is 7.11. The fourth-order valence-corrected chi connectivity index (χ4v) is 3.17. The first-order valence-electron chi connectivity index (χ1n) is 7.38. The Bertz CT molecular complexity index is 467. The Kier molecular flexibility index (Phi) is 5.45. The van der Waals surface area contributed by atoms with E-state index in [1.807, 2.05) is 12.1 Å². The monoisotopic (exact) mass is 294 g/mol. The summed E-state index contributed by atoms with van der Waals surface area (Å²) >= 11 is 0. The molecule has 3 unspecified atom stereocenters. The quantitative estimate of drug-likeness (QED) is 0.867. The molecule has 5 heteroatoms. The summed E-state index contributed by atoms with van der Waals surface area (Å²) in [5, 5.41) is 0.